The summed E-state index contributed by atoms with van der Waals surface area (Å²) in [7, 11) is 0. The van der Waals surface area contributed by atoms with Gasteiger partial charge in [0.1, 0.15) is 0 Å². The molecule has 0 aliphatic carbocycles. The first-order chi connectivity index (χ1) is 16.2. The molecule has 0 unspecified atom stereocenters. The van der Waals surface area contributed by atoms with Crippen molar-refractivity contribution in [3.05, 3.63) is 84.7 Å². The van der Waals surface area contributed by atoms with Crippen LogP contribution in [0.4, 0.5) is 0 Å². The molecule has 0 saturated heterocycles. The van der Waals surface area contributed by atoms with Gasteiger partial charge in [0, 0.05) is 29.9 Å². The highest BCUT2D eigenvalue weighted by atomic mass is 32.2. The van der Waals surface area contributed by atoms with Crippen LogP contribution in [0.3, 0.4) is 0 Å². The number of amides is 1. The molecule has 5 aromatic rings. The summed E-state index contributed by atoms with van der Waals surface area (Å²) < 4.78 is 1.76. The van der Waals surface area contributed by atoms with E-state index in [1.54, 1.807) is 16.9 Å². The van der Waals surface area contributed by atoms with Gasteiger partial charge in [-0.2, -0.15) is 4.52 Å². The van der Waals surface area contributed by atoms with Gasteiger partial charge in [0.05, 0.1) is 10.8 Å². The van der Waals surface area contributed by atoms with Crippen LogP contribution in [-0.4, -0.2) is 35.7 Å². The fourth-order valence-corrected chi connectivity index (χ4v) is 4.56. The predicted molar refractivity (Wildman–Crippen MR) is 130 cm³/mol. The van der Waals surface area contributed by atoms with Crippen molar-refractivity contribution in [2.75, 3.05) is 0 Å². The number of carbonyl (C=O) groups is 1. The number of fused-ring (bicyclic) bond motifs is 3. The lowest BCUT2D eigenvalue weighted by Crippen LogP contribution is -2.32. The summed E-state index contributed by atoms with van der Waals surface area (Å²) in [5.41, 5.74) is 3.45. The molecule has 0 aliphatic rings. The van der Waals surface area contributed by atoms with Crippen molar-refractivity contribution in [3.8, 4) is 11.4 Å². The summed E-state index contributed by atoms with van der Waals surface area (Å²) in [6.07, 6.45) is 4.12. The SMILES string of the molecule is CC[C@@H](Sc1nc2ccccc2c2nc(-c3ccccc3)nn12)C(=O)NCc1cccnc1. The number of nitrogens with zero attached hydrogens (tertiary/aromatic N) is 5. The molecule has 164 valence electrons. The Morgan fingerprint density at radius 1 is 1.03 bits per heavy atom. The van der Waals surface area contributed by atoms with Gasteiger partial charge in [0.15, 0.2) is 16.6 Å². The quantitative estimate of drug-likeness (QED) is 0.287. The van der Waals surface area contributed by atoms with Crippen molar-refractivity contribution in [1.82, 2.24) is 29.9 Å². The molecule has 0 bridgehead atoms. The summed E-state index contributed by atoms with van der Waals surface area (Å²) >= 11 is 1.41. The van der Waals surface area contributed by atoms with Crippen LogP contribution in [0.1, 0.15) is 18.9 Å². The number of benzene rings is 2. The summed E-state index contributed by atoms with van der Waals surface area (Å²) in [5, 5.41) is 9.01. The van der Waals surface area contributed by atoms with Gasteiger partial charge in [-0.3, -0.25) is 9.78 Å². The Kier molecular flexibility index (Phi) is 5.99. The van der Waals surface area contributed by atoms with Gasteiger partial charge in [-0.25, -0.2) is 9.97 Å². The van der Waals surface area contributed by atoms with E-state index in [9.17, 15) is 4.79 Å². The summed E-state index contributed by atoms with van der Waals surface area (Å²) in [5.74, 6) is 0.586. The molecule has 1 amide bonds. The van der Waals surface area contributed by atoms with Crippen molar-refractivity contribution in [2.24, 2.45) is 0 Å². The van der Waals surface area contributed by atoms with Crippen LogP contribution in [0, 0.1) is 0 Å². The average molecular weight is 455 g/mol. The van der Waals surface area contributed by atoms with E-state index in [1.165, 1.54) is 11.8 Å². The van der Waals surface area contributed by atoms with Crippen LogP contribution in [0.5, 0.6) is 0 Å². The van der Waals surface area contributed by atoms with E-state index < -0.39 is 0 Å². The molecule has 0 radical (unpaired) electrons. The highest BCUT2D eigenvalue weighted by molar-refractivity contribution is 8.00. The molecule has 3 heterocycles. The van der Waals surface area contributed by atoms with Crippen molar-refractivity contribution in [2.45, 2.75) is 30.3 Å². The Hall–Kier alpha value is -3.78. The molecule has 0 saturated carbocycles. The minimum atomic E-state index is -0.317. The number of hydrogen-bond donors (Lipinski definition) is 1. The second-order valence-electron chi connectivity index (χ2n) is 7.54. The van der Waals surface area contributed by atoms with Crippen LogP contribution in [0.2, 0.25) is 0 Å². The van der Waals surface area contributed by atoms with Crippen LogP contribution in [-0.2, 0) is 11.3 Å². The van der Waals surface area contributed by atoms with Crippen molar-refractivity contribution < 1.29 is 4.79 Å². The number of nitrogens with one attached hydrogen (secondary N) is 1. The zero-order valence-corrected chi connectivity index (χ0v) is 18.9. The number of thioether (sulfide) groups is 1. The van der Waals surface area contributed by atoms with Gasteiger partial charge in [-0.1, -0.05) is 67.2 Å². The van der Waals surface area contributed by atoms with Crippen LogP contribution in [0.25, 0.3) is 27.9 Å². The van der Waals surface area contributed by atoms with Crippen molar-refractivity contribution >= 4 is 34.2 Å². The highest BCUT2D eigenvalue weighted by Crippen LogP contribution is 2.29. The average Bonchev–Trinajstić information content (AvgIpc) is 3.33. The number of para-hydroxylation sites is 1. The van der Waals surface area contributed by atoms with Crippen molar-refractivity contribution in [1.29, 1.82) is 0 Å². The molecule has 1 atom stereocenters. The maximum Gasteiger partial charge on any atom is 0.233 e. The van der Waals surface area contributed by atoms with Crippen LogP contribution < -0.4 is 5.32 Å². The first-order valence-corrected chi connectivity index (χ1v) is 11.6. The van der Waals surface area contributed by atoms with Gasteiger partial charge in [-0.05, 0) is 30.2 Å². The van der Waals surface area contributed by atoms with Crippen LogP contribution in [0.15, 0.2) is 84.3 Å². The molecule has 0 spiro atoms. The fourth-order valence-electron chi connectivity index (χ4n) is 3.57. The van der Waals surface area contributed by atoms with E-state index in [2.05, 4.69) is 10.3 Å². The zero-order chi connectivity index (χ0) is 22.6. The third-order valence-electron chi connectivity index (χ3n) is 5.28. The molecule has 8 heteroatoms. The summed E-state index contributed by atoms with van der Waals surface area (Å²) in [6.45, 7) is 2.43. The highest BCUT2D eigenvalue weighted by Gasteiger charge is 2.22. The number of rotatable bonds is 7. The number of pyridine rings is 1. The topological polar surface area (TPSA) is 85.1 Å². The van der Waals surface area contributed by atoms with Gasteiger partial charge >= 0.3 is 0 Å². The van der Waals surface area contributed by atoms with Crippen LogP contribution >= 0.6 is 11.8 Å². The van der Waals surface area contributed by atoms with E-state index in [-0.39, 0.29) is 11.2 Å². The molecule has 3 aromatic heterocycles. The Balaban J connectivity index is 1.49. The Bertz CT molecular complexity index is 1400. The largest absolute Gasteiger partial charge is 0.351 e. The smallest absolute Gasteiger partial charge is 0.233 e. The molecule has 2 aromatic carbocycles. The molecule has 33 heavy (non-hydrogen) atoms. The van der Waals surface area contributed by atoms with E-state index in [0.29, 0.717) is 23.9 Å². The van der Waals surface area contributed by atoms with Gasteiger partial charge in [0.25, 0.3) is 0 Å². The van der Waals surface area contributed by atoms with Gasteiger partial charge in [0.2, 0.25) is 5.91 Å². The molecule has 0 aliphatic heterocycles. The standard InChI is InChI=1S/C25H22N6OS/c1-2-21(24(32)27-16-17-9-8-14-26-15-17)33-25-28-20-13-7-6-12-19(20)23-29-22(30-31(23)25)18-10-4-3-5-11-18/h3-15,21H,2,16H2,1H3,(H,27,32)/t21-/m1/s1. The first-order valence-electron chi connectivity index (χ1n) is 10.8. The van der Waals surface area contributed by atoms with Gasteiger partial charge < -0.3 is 5.32 Å². The third kappa shape index (κ3) is 4.42. The minimum Gasteiger partial charge on any atom is -0.351 e. The minimum absolute atomic E-state index is 0.0436. The first kappa shape index (κ1) is 21.1. The lowest BCUT2D eigenvalue weighted by atomic mass is 10.2. The monoisotopic (exact) mass is 454 g/mol. The summed E-state index contributed by atoms with van der Waals surface area (Å²) in [6, 6.07) is 21.5. The lowest BCUT2D eigenvalue weighted by molar-refractivity contribution is -0.120. The normalized spacial score (nSPS) is 12.2. The number of carbonyl (C=O) groups excluding carboxylic acids is 1. The zero-order valence-electron chi connectivity index (χ0n) is 18.0. The third-order valence-corrected chi connectivity index (χ3v) is 6.59. The van der Waals surface area contributed by atoms with E-state index in [4.69, 9.17) is 15.1 Å². The Morgan fingerprint density at radius 2 is 1.85 bits per heavy atom. The number of hydrogen-bond acceptors (Lipinski definition) is 6. The molecular formula is C25H22N6OS. The molecule has 5 rings (SSSR count). The maximum absolute atomic E-state index is 13.0. The second-order valence-corrected chi connectivity index (χ2v) is 8.71. The maximum atomic E-state index is 13.0. The van der Waals surface area contributed by atoms with E-state index in [1.807, 2.05) is 73.7 Å². The molecule has 1 N–H and O–H groups in total. The Morgan fingerprint density at radius 3 is 2.64 bits per heavy atom. The molecule has 7 nitrogen and oxygen atoms in total. The summed E-state index contributed by atoms with van der Waals surface area (Å²) in [4.78, 5) is 26.7. The Labute approximate surface area is 195 Å². The fraction of sp³-hybridized carbons (Fsp3) is 0.160. The van der Waals surface area contributed by atoms with Gasteiger partial charge in [-0.15, -0.1) is 5.10 Å². The number of aromatic nitrogens is 5. The second kappa shape index (κ2) is 9.38. The van der Waals surface area contributed by atoms with Crippen molar-refractivity contribution in [3.63, 3.8) is 0 Å². The van der Waals surface area contributed by atoms with E-state index >= 15 is 0 Å². The molecular weight excluding hydrogens is 432 g/mol. The molecule has 0 fully saturated rings. The predicted octanol–water partition coefficient (Wildman–Crippen LogP) is 4.53. The lowest BCUT2D eigenvalue weighted by Gasteiger charge is -2.15. The van der Waals surface area contributed by atoms with E-state index in [0.717, 1.165) is 27.7 Å².